The highest BCUT2D eigenvalue weighted by Gasteiger charge is 2.48. The van der Waals surface area contributed by atoms with Gasteiger partial charge in [-0.1, -0.05) is 12.1 Å². The van der Waals surface area contributed by atoms with E-state index in [2.05, 4.69) is 5.32 Å². The molecule has 0 saturated heterocycles. The van der Waals surface area contributed by atoms with E-state index in [1.165, 1.54) is 13.8 Å². The van der Waals surface area contributed by atoms with E-state index in [-0.39, 0.29) is 30.4 Å². The van der Waals surface area contributed by atoms with Gasteiger partial charge in [0.05, 0.1) is 32.4 Å². The zero-order valence-corrected chi connectivity index (χ0v) is 22.7. The molecule has 218 valence electrons. The van der Waals surface area contributed by atoms with E-state index in [4.69, 9.17) is 0 Å². The minimum Gasteiger partial charge on any atom is -0.303 e. The van der Waals surface area contributed by atoms with Gasteiger partial charge in [-0.15, -0.1) is 0 Å². The zero-order chi connectivity index (χ0) is 29.4. The van der Waals surface area contributed by atoms with Crippen molar-refractivity contribution in [3.63, 3.8) is 0 Å². The molecule has 14 heteroatoms. The van der Waals surface area contributed by atoms with Crippen LogP contribution in [0, 0.1) is 17.7 Å². The lowest BCUT2D eigenvalue weighted by atomic mass is 9.69. The maximum absolute atomic E-state index is 13.4. The minimum absolute atomic E-state index is 0.0262. The summed E-state index contributed by atoms with van der Waals surface area (Å²) >= 11 is 0. The summed E-state index contributed by atoms with van der Waals surface area (Å²) in [5.41, 5.74) is -2.50. The number of hydrogen-bond donors (Lipinski definition) is 1. The molecule has 0 bridgehead atoms. The largest absolute Gasteiger partial charge is 0.419 e. The van der Waals surface area contributed by atoms with Gasteiger partial charge in [0.25, 0.3) is 0 Å². The fourth-order valence-electron chi connectivity index (χ4n) is 4.54. The van der Waals surface area contributed by atoms with Crippen LogP contribution in [0.5, 0.6) is 0 Å². The summed E-state index contributed by atoms with van der Waals surface area (Å²) in [6.45, 7) is 3.16. The molecule has 5 nitrogen and oxygen atoms in total. The average molecular weight is 604 g/mol. The number of nitrogens with one attached hydrogen (secondary N) is 1. The first-order valence-corrected chi connectivity index (χ1v) is 15.2. The van der Waals surface area contributed by atoms with Crippen LogP contribution in [-0.2, 0) is 38.4 Å². The van der Waals surface area contributed by atoms with Gasteiger partial charge in [-0.25, -0.2) is 21.2 Å². The first-order chi connectivity index (χ1) is 17.7. The number of alkyl halides is 6. The van der Waals surface area contributed by atoms with Crippen molar-refractivity contribution in [3.05, 3.63) is 65.0 Å². The summed E-state index contributed by atoms with van der Waals surface area (Å²) in [7, 11) is -7.82. The second kappa shape index (κ2) is 11.0. The summed E-state index contributed by atoms with van der Waals surface area (Å²) < 4.78 is 141. The molecule has 1 N–H and O–H groups in total. The van der Waals surface area contributed by atoms with Crippen molar-refractivity contribution in [1.82, 2.24) is 5.32 Å². The molecule has 1 aliphatic carbocycles. The molecule has 0 spiro atoms. The van der Waals surface area contributed by atoms with Crippen LogP contribution < -0.4 is 5.32 Å². The summed E-state index contributed by atoms with van der Waals surface area (Å²) in [4.78, 5) is -0.418. The minimum atomic E-state index is -4.90. The SMILES string of the molecule is CC(C)(C1CC(CNCS(=O)(=O)CCc2ccc(F)c(C(F)(F)F)c2)C1)S(=O)(=O)c1cccc(C(F)(F)F)c1. The summed E-state index contributed by atoms with van der Waals surface area (Å²) in [6.07, 6.45) is -9.00. The maximum atomic E-state index is 13.4. The number of benzene rings is 2. The first kappa shape index (κ1) is 31.3. The molecule has 0 unspecified atom stereocenters. The third-order valence-corrected chi connectivity index (χ3v) is 11.2. The second-order valence-electron chi connectivity index (χ2n) is 10.3. The van der Waals surface area contributed by atoms with Gasteiger partial charge in [-0.3, -0.25) is 0 Å². The lowest BCUT2D eigenvalue weighted by molar-refractivity contribution is -0.140. The van der Waals surface area contributed by atoms with E-state index < -0.39 is 70.2 Å². The fourth-order valence-corrected chi connectivity index (χ4v) is 7.44. The summed E-state index contributed by atoms with van der Waals surface area (Å²) in [5, 5.41) is 2.77. The van der Waals surface area contributed by atoms with E-state index in [9.17, 15) is 47.6 Å². The topological polar surface area (TPSA) is 80.3 Å². The molecule has 1 fully saturated rings. The molecule has 1 aliphatic rings. The Hall–Kier alpha value is -2.19. The predicted molar refractivity (Wildman–Crippen MR) is 131 cm³/mol. The Bertz CT molecular complexity index is 1400. The van der Waals surface area contributed by atoms with Gasteiger partial charge in [0, 0.05) is 0 Å². The Balaban J connectivity index is 1.51. The Morgan fingerprint density at radius 1 is 0.897 bits per heavy atom. The van der Waals surface area contributed by atoms with E-state index in [1.54, 1.807) is 0 Å². The van der Waals surface area contributed by atoms with Crippen LogP contribution in [0.4, 0.5) is 30.7 Å². The number of aryl methyl sites for hydroxylation is 1. The van der Waals surface area contributed by atoms with Crippen LogP contribution in [0.1, 0.15) is 43.4 Å². The highest BCUT2D eigenvalue weighted by molar-refractivity contribution is 7.92. The highest BCUT2D eigenvalue weighted by atomic mass is 32.2. The average Bonchev–Trinajstić information content (AvgIpc) is 2.78. The normalized spacial score (nSPS) is 19.1. The van der Waals surface area contributed by atoms with Crippen molar-refractivity contribution in [1.29, 1.82) is 0 Å². The number of hydrogen-bond acceptors (Lipinski definition) is 5. The lowest BCUT2D eigenvalue weighted by Crippen LogP contribution is -2.48. The third-order valence-electron chi connectivity index (χ3n) is 7.18. The summed E-state index contributed by atoms with van der Waals surface area (Å²) in [6, 6.07) is 5.92. The number of halogens is 7. The number of sulfone groups is 2. The van der Waals surface area contributed by atoms with Gasteiger partial charge >= 0.3 is 12.4 Å². The Kier molecular flexibility index (Phi) is 8.84. The molecule has 0 atom stereocenters. The van der Waals surface area contributed by atoms with Crippen molar-refractivity contribution in [2.45, 2.75) is 55.1 Å². The molecule has 3 rings (SSSR count). The van der Waals surface area contributed by atoms with Crippen molar-refractivity contribution in [2.75, 3.05) is 18.2 Å². The molecule has 0 aromatic heterocycles. The molecule has 0 radical (unpaired) electrons. The van der Waals surface area contributed by atoms with Crippen molar-refractivity contribution in [2.24, 2.45) is 11.8 Å². The molecule has 39 heavy (non-hydrogen) atoms. The van der Waals surface area contributed by atoms with Crippen LogP contribution in [0.25, 0.3) is 0 Å². The molecule has 1 saturated carbocycles. The van der Waals surface area contributed by atoms with Gasteiger partial charge in [0.2, 0.25) is 0 Å². The molecule has 0 heterocycles. The van der Waals surface area contributed by atoms with Crippen LogP contribution >= 0.6 is 0 Å². The van der Waals surface area contributed by atoms with Crippen LogP contribution in [0.15, 0.2) is 47.4 Å². The standard InChI is InChI=1S/C25H28F7NO4S2/c1-23(2,39(36,37)20-5-3-4-18(13-20)24(27,28)29)19-10-17(11-19)14-33-15-38(34,35)9-8-16-6-7-22(26)21(12-16)25(30,31)32/h3-7,12-13,17,19,33H,8-11,14-15H2,1-2H3. The van der Waals surface area contributed by atoms with Crippen molar-refractivity contribution in [3.8, 4) is 0 Å². The van der Waals surface area contributed by atoms with Gasteiger partial charge in [0.15, 0.2) is 19.7 Å². The smallest absolute Gasteiger partial charge is 0.303 e. The van der Waals surface area contributed by atoms with Gasteiger partial charge in [-0.2, -0.15) is 26.3 Å². The fraction of sp³-hybridized carbons (Fsp3) is 0.520. The first-order valence-electron chi connectivity index (χ1n) is 11.9. The van der Waals surface area contributed by atoms with Gasteiger partial charge < -0.3 is 5.32 Å². The van der Waals surface area contributed by atoms with Crippen molar-refractivity contribution >= 4 is 19.7 Å². The Morgan fingerprint density at radius 2 is 1.54 bits per heavy atom. The molecule has 2 aromatic rings. The Morgan fingerprint density at radius 3 is 2.13 bits per heavy atom. The van der Waals surface area contributed by atoms with Gasteiger partial charge in [-0.05, 0) is 87.4 Å². The van der Waals surface area contributed by atoms with Crippen molar-refractivity contribution < 1.29 is 47.6 Å². The maximum Gasteiger partial charge on any atom is 0.419 e. The van der Waals surface area contributed by atoms with E-state index >= 15 is 0 Å². The molecular formula is C25H28F7NO4S2. The van der Waals surface area contributed by atoms with E-state index in [0.29, 0.717) is 31.0 Å². The van der Waals surface area contributed by atoms with Crippen LogP contribution in [0.3, 0.4) is 0 Å². The van der Waals surface area contributed by atoms with Crippen LogP contribution in [-0.4, -0.2) is 39.8 Å². The molecular weight excluding hydrogens is 575 g/mol. The molecule has 0 aliphatic heterocycles. The lowest BCUT2D eigenvalue weighted by Gasteiger charge is -2.45. The highest BCUT2D eigenvalue weighted by Crippen LogP contribution is 2.46. The monoisotopic (exact) mass is 603 g/mol. The molecule has 0 amide bonds. The second-order valence-corrected chi connectivity index (χ2v) is 15.0. The van der Waals surface area contributed by atoms with E-state index in [0.717, 1.165) is 24.3 Å². The predicted octanol–water partition coefficient (Wildman–Crippen LogP) is 5.65. The zero-order valence-electron chi connectivity index (χ0n) is 21.0. The Labute approximate surface area is 222 Å². The summed E-state index contributed by atoms with van der Waals surface area (Å²) in [5.74, 6) is -2.78. The third kappa shape index (κ3) is 7.31. The molecule has 2 aromatic carbocycles. The number of rotatable bonds is 10. The van der Waals surface area contributed by atoms with Crippen LogP contribution in [0.2, 0.25) is 0 Å². The van der Waals surface area contributed by atoms with Gasteiger partial charge in [0.1, 0.15) is 5.82 Å². The van der Waals surface area contributed by atoms with E-state index in [1.807, 2.05) is 0 Å². The quantitative estimate of drug-likeness (QED) is 0.356.